The first-order chi connectivity index (χ1) is 11.1. The third-order valence-electron chi connectivity index (χ3n) is 3.84. The van der Waals surface area contributed by atoms with Crippen molar-refractivity contribution in [1.82, 2.24) is 9.80 Å². The number of para-hydroxylation sites is 1. The van der Waals surface area contributed by atoms with E-state index in [0.29, 0.717) is 44.2 Å². The smallest absolute Gasteiger partial charge is 0.257 e. The van der Waals surface area contributed by atoms with Crippen LogP contribution in [0, 0.1) is 0 Å². The number of aliphatic hydroxyl groups excluding tert-OH is 1. The van der Waals surface area contributed by atoms with Crippen LogP contribution in [-0.4, -0.2) is 80.0 Å². The lowest BCUT2D eigenvalue weighted by atomic mass is 10.1. The first kappa shape index (κ1) is 17.7. The van der Waals surface area contributed by atoms with Crippen LogP contribution in [0.2, 0.25) is 0 Å². The van der Waals surface area contributed by atoms with Crippen LogP contribution in [0.25, 0.3) is 0 Å². The standard InChI is InChI=1S/C17H26N2O4/c1-14(20)13-18-7-9-19(10-8-18)17(21)15-5-3-4-6-16(15)23-12-11-22-2/h3-6,14,20H,7-13H2,1-2H3/t14-/m0/s1. The zero-order valence-electron chi connectivity index (χ0n) is 13.9. The molecule has 6 heteroatoms. The fourth-order valence-corrected chi connectivity index (χ4v) is 2.68. The van der Waals surface area contributed by atoms with E-state index in [1.807, 2.05) is 23.1 Å². The molecule has 0 radical (unpaired) electrons. The number of ether oxygens (including phenoxy) is 2. The highest BCUT2D eigenvalue weighted by Gasteiger charge is 2.24. The van der Waals surface area contributed by atoms with Crippen molar-refractivity contribution in [2.24, 2.45) is 0 Å². The van der Waals surface area contributed by atoms with E-state index >= 15 is 0 Å². The van der Waals surface area contributed by atoms with Gasteiger partial charge in [-0.25, -0.2) is 0 Å². The van der Waals surface area contributed by atoms with Gasteiger partial charge in [0, 0.05) is 39.8 Å². The first-order valence-corrected chi connectivity index (χ1v) is 8.02. The zero-order chi connectivity index (χ0) is 16.7. The lowest BCUT2D eigenvalue weighted by molar-refractivity contribution is 0.0549. The molecule has 2 rings (SSSR count). The Balaban J connectivity index is 1.96. The molecule has 1 aromatic rings. The van der Waals surface area contributed by atoms with Crippen molar-refractivity contribution in [3.05, 3.63) is 29.8 Å². The van der Waals surface area contributed by atoms with Crippen molar-refractivity contribution in [3.8, 4) is 5.75 Å². The number of amides is 1. The van der Waals surface area contributed by atoms with Gasteiger partial charge in [-0.1, -0.05) is 12.1 Å². The molecule has 0 bridgehead atoms. The van der Waals surface area contributed by atoms with Gasteiger partial charge in [-0.2, -0.15) is 0 Å². The number of hydrogen-bond donors (Lipinski definition) is 1. The van der Waals surface area contributed by atoms with Crippen molar-refractivity contribution in [3.63, 3.8) is 0 Å². The summed E-state index contributed by atoms with van der Waals surface area (Å²) in [5, 5.41) is 9.45. The molecule has 1 aliphatic heterocycles. The molecule has 0 aliphatic carbocycles. The molecule has 1 atom stereocenters. The van der Waals surface area contributed by atoms with E-state index in [4.69, 9.17) is 9.47 Å². The minimum Gasteiger partial charge on any atom is -0.490 e. The molecule has 1 N–H and O–H groups in total. The predicted molar refractivity (Wildman–Crippen MR) is 87.8 cm³/mol. The molecule has 1 saturated heterocycles. The molecule has 0 unspecified atom stereocenters. The third kappa shape index (κ3) is 5.20. The Morgan fingerprint density at radius 2 is 1.91 bits per heavy atom. The molecule has 6 nitrogen and oxygen atoms in total. The number of β-amino-alcohol motifs (C(OH)–C–C–N with tert-alkyl or cyclic N) is 1. The molecule has 0 spiro atoms. The molecule has 0 saturated carbocycles. The van der Waals surface area contributed by atoms with E-state index < -0.39 is 0 Å². The van der Waals surface area contributed by atoms with Crippen molar-refractivity contribution in [1.29, 1.82) is 0 Å². The highest BCUT2D eigenvalue weighted by atomic mass is 16.5. The summed E-state index contributed by atoms with van der Waals surface area (Å²) in [7, 11) is 1.62. The number of methoxy groups -OCH3 is 1. The Morgan fingerprint density at radius 3 is 2.57 bits per heavy atom. The lowest BCUT2D eigenvalue weighted by Gasteiger charge is -2.35. The van der Waals surface area contributed by atoms with Gasteiger partial charge in [0.1, 0.15) is 12.4 Å². The third-order valence-corrected chi connectivity index (χ3v) is 3.84. The van der Waals surface area contributed by atoms with Crippen molar-refractivity contribution >= 4 is 5.91 Å². The highest BCUT2D eigenvalue weighted by Crippen LogP contribution is 2.20. The minimum atomic E-state index is -0.341. The van der Waals surface area contributed by atoms with Gasteiger partial charge in [0.05, 0.1) is 18.3 Å². The van der Waals surface area contributed by atoms with Crippen LogP contribution in [-0.2, 0) is 4.74 Å². The first-order valence-electron chi connectivity index (χ1n) is 8.02. The number of hydrogen-bond acceptors (Lipinski definition) is 5. The minimum absolute atomic E-state index is 0.00489. The SMILES string of the molecule is COCCOc1ccccc1C(=O)N1CCN(C[C@H](C)O)CC1. The maximum atomic E-state index is 12.7. The zero-order valence-corrected chi connectivity index (χ0v) is 13.9. The molecular weight excluding hydrogens is 296 g/mol. The Labute approximate surface area is 137 Å². The van der Waals surface area contributed by atoms with Gasteiger partial charge in [-0.15, -0.1) is 0 Å². The molecule has 23 heavy (non-hydrogen) atoms. The maximum Gasteiger partial charge on any atom is 0.257 e. The van der Waals surface area contributed by atoms with E-state index in [1.165, 1.54) is 0 Å². The topological polar surface area (TPSA) is 62.2 Å². The maximum absolute atomic E-state index is 12.7. The van der Waals surface area contributed by atoms with Crippen LogP contribution in [0.15, 0.2) is 24.3 Å². The largest absolute Gasteiger partial charge is 0.490 e. The normalized spacial score (nSPS) is 17.1. The summed E-state index contributed by atoms with van der Waals surface area (Å²) in [5.41, 5.74) is 0.590. The van der Waals surface area contributed by atoms with Crippen molar-refractivity contribution in [2.45, 2.75) is 13.0 Å². The fraction of sp³-hybridized carbons (Fsp3) is 0.588. The monoisotopic (exact) mass is 322 g/mol. The van der Waals surface area contributed by atoms with Crippen LogP contribution in [0.4, 0.5) is 0 Å². The predicted octanol–water partition coefficient (Wildman–Crippen LogP) is 0.850. The number of aliphatic hydroxyl groups is 1. The van der Waals surface area contributed by atoms with Gasteiger partial charge in [0.2, 0.25) is 0 Å². The molecule has 1 amide bonds. The average molecular weight is 322 g/mol. The van der Waals surface area contributed by atoms with Gasteiger partial charge in [-0.05, 0) is 19.1 Å². The molecule has 1 aromatic carbocycles. The second-order valence-electron chi connectivity index (χ2n) is 5.78. The van der Waals surface area contributed by atoms with Gasteiger partial charge in [0.25, 0.3) is 5.91 Å². The second kappa shape index (κ2) is 8.86. The van der Waals surface area contributed by atoms with E-state index in [1.54, 1.807) is 20.1 Å². The van der Waals surface area contributed by atoms with Gasteiger partial charge in [0.15, 0.2) is 0 Å². The van der Waals surface area contributed by atoms with Crippen LogP contribution < -0.4 is 4.74 Å². The van der Waals surface area contributed by atoms with Gasteiger partial charge < -0.3 is 19.5 Å². The van der Waals surface area contributed by atoms with Gasteiger partial charge in [-0.3, -0.25) is 9.69 Å². The summed E-state index contributed by atoms with van der Waals surface area (Å²) in [6.07, 6.45) is -0.341. The van der Waals surface area contributed by atoms with Crippen LogP contribution >= 0.6 is 0 Å². The van der Waals surface area contributed by atoms with Crippen LogP contribution in [0.1, 0.15) is 17.3 Å². The number of piperazine rings is 1. The summed E-state index contributed by atoms with van der Waals surface area (Å²) >= 11 is 0. The Hall–Kier alpha value is -1.63. The summed E-state index contributed by atoms with van der Waals surface area (Å²) in [5.74, 6) is 0.593. The summed E-state index contributed by atoms with van der Waals surface area (Å²) < 4.78 is 10.6. The van der Waals surface area contributed by atoms with Crippen LogP contribution in [0.3, 0.4) is 0 Å². The second-order valence-corrected chi connectivity index (χ2v) is 5.78. The molecule has 1 heterocycles. The quantitative estimate of drug-likeness (QED) is 0.754. The summed E-state index contributed by atoms with van der Waals surface area (Å²) in [6.45, 7) is 6.23. The molecule has 0 aromatic heterocycles. The van der Waals surface area contributed by atoms with Crippen molar-refractivity contribution < 1.29 is 19.4 Å². The Kier molecular flexibility index (Phi) is 6.83. The number of nitrogens with zero attached hydrogens (tertiary/aromatic N) is 2. The number of carbonyl (C=O) groups excluding carboxylic acids is 1. The van der Waals surface area contributed by atoms with E-state index in [2.05, 4.69) is 4.90 Å². The lowest BCUT2D eigenvalue weighted by Crippen LogP contribution is -2.50. The summed E-state index contributed by atoms with van der Waals surface area (Å²) in [6, 6.07) is 7.32. The van der Waals surface area contributed by atoms with E-state index in [9.17, 15) is 9.90 Å². The van der Waals surface area contributed by atoms with Crippen molar-refractivity contribution in [2.75, 3.05) is 53.0 Å². The van der Waals surface area contributed by atoms with Gasteiger partial charge >= 0.3 is 0 Å². The fourth-order valence-electron chi connectivity index (χ4n) is 2.68. The highest BCUT2D eigenvalue weighted by molar-refractivity contribution is 5.97. The average Bonchev–Trinajstić information content (AvgIpc) is 2.55. The van der Waals surface area contributed by atoms with Crippen LogP contribution in [0.5, 0.6) is 5.75 Å². The molecular formula is C17H26N2O4. The van der Waals surface area contributed by atoms with E-state index in [0.717, 1.165) is 13.1 Å². The number of benzene rings is 1. The Morgan fingerprint density at radius 1 is 1.22 bits per heavy atom. The number of carbonyl (C=O) groups is 1. The molecule has 128 valence electrons. The van der Waals surface area contributed by atoms with E-state index in [-0.39, 0.29) is 12.0 Å². The Bertz CT molecular complexity index is 499. The number of rotatable bonds is 7. The molecule has 1 fully saturated rings. The molecule has 1 aliphatic rings. The summed E-state index contributed by atoms with van der Waals surface area (Å²) in [4.78, 5) is 16.7.